The molecule has 1 fully saturated rings. The van der Waals surface area contributed by atoms with E-state index in [9.17, 15) is 9.59 Å². The van der Waals surface area contributed by atoms with E-state index in [4.69, 9.17) is 15.0 Å². The van der Waals surface area contributed by atoms with Crippen molar-refractivity contribution >= 4 is 25.6 Å². The molecule has 1 atom stereocenters. The summed E-state index contributed by atoms with van der Waals surface area (Å²) in [5.41, 5.74) is 10.1. The summed E-state index contributed by atoms with van der Waals surface area (Å²) in [5.74, 6) is -0.115. The fraction of sp³-hybridized carbons (Fsp3) is 0.429. The lowest BCUT2D eigenvalue weighted by Gasteiger charge is -2.16. The Labute approximate surface area is 182 Å². The van der Waals surface area contributed by atoms with Gasteiger partial charge in [0.25, 0.3) is 0 Å². The molecule has 31 heavy (non-hydrogen) atoms. The van der Waals surface area contributed by atoms with Gasteiger partial charge >= 0.3 is 6.09 Å². The van der Waals surface area contributed by atoms with Crippen LogP contribution in [0.2, 0.25) is 25.7 Å². The first-order chi connectivity index (χ1) is 14.8. The number of nitrogens with zero attached hydrogens (tertiary/aromatic N) is 5. The summed E-state index contributed by atoms with van der Waals surface area (Å²) < 4.78 is 12.8. The van der Waals surface area contributed by atoms with Crippen molar-refractivity contribution in [1.82, 2.24) is 4.57 Å². The molecular weight excluding hydrogens is 414 g/mol. The van der Waals surface area contributed by atoms with Crippen molar-refractivity contribution in [1.29, 1.82) is 0 Å². The fourth-order valence-electron chi connectivity index (χ4n) is 3.17. The van der Waals surface area contributed by atoms with Gasteiger partial charge in [-0.15, -0.1) is 0 Å². The molecule has 164 valence electrons. The van der Waals surface area contributed by atoms with Crippen molar-refractivity contribution in [2.45, 2.75) is 38.5 Å². The monoisotopic (exact) mass is 441 g/mol. The maximum absolute atomic E-state index is 13.0. The highest BCUT2D eigenvalue weighted by atomic mass is 28.3. The quantitative estimate of drug-likeness (QED) is 0.133. The summed E-state index contributed by atoms with van der Waals surface area (Å²) in [6.45, 7) is 8.30. The van der Waals surface area contributed by atoms with E-state index in [1.165, 1.54) is 4.90 Å². The molecule has 1 saturated heterocycles. The Morgan fingerprint density at radius 1 is 1.29 bits per heavy atom. The van der Waals surface area contributed by atoms with E-state index in [-0.39, 0.29) is 12.3 Å². The lowest BCUT2D eigenvalue weighted by molar-refractivity contribution is 0.0819. The van der Waals surface area contributed by atoms with Crippen LogP contribution in [0.5, 0.6) is 0 Å². The van der Waals surface area contributed by atoms with Gasteiger partial charge in [-0.2, -0.15) is 0 Å². The molecule has 1 aromatic carbocycles. The van der Waals surface area contributed by atoms with Gasteiger partial charge in [-0.05, 0) is 48.0 Å². The van der Waals surface area contributed by atoms with Crippen molar-refractivity contribution < 1.29 is 19.1 Å². The number of hydrogen-bond acceptors (Lipinski definition) is 5. The van der Waals surface area contributed by atoms with Gasteiger partial charge in [0.2, 0.25) is 5.78 Å². The SMILES string of the molecule is C[Si](C)(C)CCOCn1cccc1C(=O)c1ccc(N2C[C@H](CN=[N+]=[N-])OC2=O)cc1. The van der Waals surface area contributed by atoms with E-state index >= 15 is 0 Å². The van der Waals surface area contributed by atoms with Crippen LogP contribution in [0.15, 0.2) is 47.7 Å². The molecule has 0 bridgehead atoms. The zero-order valence-corrected chi connectivity index (χ0v) is 19.0. The van der Waals surface area contributed by atoms with Gasteiger partial charge in [-0.3, -0.25) is 9.69 Å². The highest BCUT2D eigenvalue weighted by Crippen LogP contribution is 2.23. The van der Waals surface area contributed by atoms with E-state index < -0.39 is 20.3 Å². The number of hydrogen-bond donors (Lipinski definition) is 0. The summed E-state index contributed by atoms with van der Waals surface area (Å²) in [4.78, 5) is 29.2. The number of ketones is 1. The molecular formula is C21H27N5O4Si. The number of benzene rings is 1. The maximum Gasteiger partial charge on any atom is 0.414 e. The molecule has 2 aromatic rings. The highest BCUT2D eigenvalue weighted by molar-refractivity contribution is 6.76. The van der Waals surface area contributed by atoms with Crippen molar-refractivity contribution in [2.75, 3.05) is 24.6 Å². The fourth-order valence-corrected chi connectivity index (χ4v) is 3.93. The molecule has 1 amide bonds. The van der Waals surface area contributed by atoms with Gasteiger partial charge in [0.1, 0.15) is 12.8 Å². The lowest BCUT2D eigenvalue weighted by atomic mass is 10.1. The smallest absolute Gasteiger partial charge is 0.414 e. The van der Waals surface area contributed by atoms with Crippen LogP contribution in [0, 0.1) is 0 Å². The summed E-state index contributed by atoms with van der Waals surface area (Å²) in [6.07, 6.45) is 0.857. The summed E-state index contributed by atoms with van der Waals surface area (Å²) in [5, 5.41) is 3.45. The zero-order valence-electron chi connectivity index (χ0n) is 18.0. The summed E-state index contributed by atoms with van der Waals surface area (Å²) in [6, 6.07) is 11.5. The Morgan fingerprint density at radius 2 is 2.03 bits per heavy atom. The van der Waals surface area contributed by atoms with Crippen molar-refractivity contribution in [2.24, 2.45) is 5.11 Å². The first kappa shape index (κ1) is 22.6. The molecule has 2 heterocycles. The number of anilines is 1. The predicted octanol–water partition coefficient (Wildman–Crippen LogP) is 4.67. The molecule has 9 nitrogen and oxygen atoms in total. The largest absolute Gasteiger partial charge is 0.444 e. The second kappa shape index (κ2) is 9.82. The first-order valence-electron chi connectivity index (χ1n) is 10.1. The van der Waals surface area contributed by atoms with Gasteiger partial charge in [-0.1, -0.05) is 24.8 Å². The number of ether oxygens (including phenoxy) is 2. The van der Waals surface area contributed by atoms with E-state index in [2.05, 4.69) is 29.7 Å². The molecule has 3 rings (SSSR count). The lowest BCUT2D eigenvalue weighted by Crippen LogP contribution is -2.25. The second-order valence-corrected chi connectivity index (χ2v) is 14.2. The van der Waals surface area contributed by atoms with E-state index in [0.717, 1.165) is 6.04 Å². The Kier molecular flexibility index (Phi) is 7.16. The summed E-state index contributed by atoms with van der Waals surface area (Å²) in [7, 11) is -1.16. The van der Waals surface area contributed by atoms with Crippen LogP contribution in [0.25, 0.3) is 10.4 Å². The third-order valence-corrected chi connectivity index (χ3v) is 6.66. The average Bonchev–Trinajstić information content (AvgIpc) is 3.35. The molecule has 1 aromatic heterocycles. The molecule has 0 saturated carbocycles. The number of aromatic nitrogens is 1. The topological polar surface area (TPSA) is 110 Å². The Bertz CT molecular complexity index is 976. The average molecular weight is 442 g/mol. The first-order valence-corrected chi connectivity index (χ1v) is 13.9. The highest BCUT2D eigenvalue weighted by Gasteiger charge is 2.31. The molecule has 1 aliphatic rings. The third kappa shape index (κ3) is 5.97. The van der Waals surface area contributed by atoms with Crippen molar-refractivity contribution in [3.8, 4) is 0 Å². The van der Waals surface area contributed by atoms with Crippen LogP contribution < -0.4 is 4.90 Å². The van der Waals surface area contributed by atoms with Crippen LogP contribution in [0.4, 0.5) is 10.5 Å². The van der Waals surface area contributed by atoms with E-state index in [1.54, 1.807) is 34.9 Å². The third-order valence-electron chi connectivity index (χ3n) is 4.95. The van der Waals surface area contributed by atoms with Crippen molar-refractivity contribution in [3.63, 3.8) is 0 Å². The molecule has 0 unspecified atom stereocenters. The van der Waals surface area contributed by atoms with Crippen LogP contribution in [0.1, 0.15) is 16.1 Å². The zero-order chi connectivity index (χ0) is 22.4. The molecule has 0 radical (unpaired) electrons. The maximum atomic E-state index is 13.0. The number of carbonyl (C=O) groups is 2. The molecule has 0 spiro atoms. The van der Waals surface area contributed by atoms with Crippen LogP contribution in [0.3, 0.4) is 0 Å². The minimum absolute atomic E-state index is 0.0896. The van der Waals surface area contributed by atoms with Crippen LogP contribution in [-0.2, 0) is 16.2 Å². The van der Waals surface area contributed by atoms with Gasteiger partial charge in [0, 0.05) is 37.0 Å². The van der Waals surface area contributed by atoms with Gasteiger partial charge < -0.3 is 14.0 Å². The standard InChI is InChI=1S/C21H27N5O4Si/c1-31(2,3)12-11-29-15-25-10-4-5-19(25)20(27)16-6-8-17(9-7-16)26-14-18(13-23-24-22)30-21(26)28/h4-10,18H,11-15H2,1-3H3/t18-/m0/s1. The predicted molar refractivity (Wildman–Crippen MR) is 120 cm³/mol. The molecule has 1 aliphatic heterocycles. The van der Waals surface area contributed by atoms with Gasteiger partial charge in [0.15, 0.2) is 0 Å². The van der Waals surface area contributed by atoms with E-state index in [1.807, 2.05) is 12.3 Å². The normalized spacial score (nSPS) is 16.2. The number of carbonyl (C=O) groups excluding carboxylic acids is 2. The van der Waals surface area contributed by atoms with E-state index in [0.29, 0.717) is 36.8 Å². The number of azide groups is 1. The van der Waals surface area contributed by atoms with Gasteiger partial charge in [0.05, 0.1) is 18.8 Å². The number of amides is 1. The van der Waals surface area contributed by atoms with Crippen LogP contribution in [-0.4, -0.2) is 50.3 Å². The molecule has 0 aliphatic carbocycles. The van der Waals surface area contributed by atoms with Crippen LogP contribution >= 0.6 is 0 Å². The van der Waals surface area contributed by atoms with Crippen molar-refractivity contribution in [3.05, 3.63) is 64.3 Å². The Hall–Kier alpha value is -3.07. The minimum atomic E-state index is -1.16. The number of rotatable bonds is 10. The Balaban J connectivity index is 1.63. The minimum Gasteiger partial charge on any atom is -0.444 e. The molecule has 0 N–H and O–H groups in total. The van der Waals surface area contributed by atoms with Gasteiger partial charge in [-0.25, -0.2) is 4.79 Å². The Morgan fingerprint density at radius 3 is 2.71 bits per heavy atom. The number of cyclic esters (lactones) is 1. The summed E-state index contributed by atoms with van der Waals surface area (Å²) >= 11 is 0. The second-order valence-electron chi connectivity index (χ2n) is 8.62. The molecule has 10 heteroatoms.